The second-order valence-corrected chi connectivity index (χ2v) is 9.30. The Kier molecular flexibility index (Phi) is 11.7. The molecule has 0 bridgehead atoms. The zero-order valence-electron chi connectivity index (χ0n) is 21.1. The minimum Gasteiger partial charge on any atom is -0.457 e. The molecule has 0 saturated carbocycles. The van der Waals surface area contributed by atoms with Crippen LogP contribution < -0.4 is 5.32 Å². The molecule has 40 heavy (non-hydrogen) atoms. The average molecular weight is 586 g/mol. The van der Waals surface area contributed by atoms with E-state index in [2.05, 4.69) is 5.32 Å². The Morgan fingerprint density at radius 1 is 0.675 bits per heavy atom. The molecule has 0 fully saturated rings. The molecule has 1 atom stereocenters. The number of rotatable bonds is 13. The molecule has 3 aromatic rings. The maximum absolute atomic E-state index is 12.8. The number of carbonyl (C=O) groups is 5. The van der Waals surface area contributed by atoms with Crippen LogP contribution in [-0.4, -0.2) is 48.9 Å². The van der Waals surface area contributed by atoms with Crippen LogP contribution in [0, 0.1) is 0 Å². The highest BCUT2D eigenvalue weighted by atomic mass is 35.5. The number of alkyl carbamates (subject to hydrolysis) is 1. The maximum atomic E-state index is 12.8. The molecule has 0 radical (unpaired) electrons. The Hall–Kier alpha value is -4.21. The van der Waals surface area contributed by atoms with Crippen molar-refractivity contribution in [3.8, 4) is 0 Å². The van der Waals surface area contributed by atoms with Gasteiger partial charge in [-0.15, -0.1) is 0 Å². The number of carbonyl (C=O) groups excluding carboxylic acids is 5. The summed E-state index contributed by atoms with van der Waals surface area (Å²) in [6.45, 7) is -1.17. The number of Topliss-reactive ketones (excluding diaryl/α,β-unsaturated/α-hetero) is 2. The van der Waals surface area contributed by atoms with Crippen LogP contribution in [0.3, 0.4) is 0 Å². The molecule has 208 valence electrons. The highest BCUT2D eigenvalue weighted by molar-refractivity contribution is 6.31. The van der Waals surface area contributed by atoms with Gasteiger partial charge in [0.15, 0.2) is 24.8 Å². The Labute approximate surface area is 240 Å². The van der Waals surface area contributed by atoms with Gasteiger partial charge in [0.2, 0.25) is 0 Å². The lowest BCUT2D eigenvalue weighted by Crippen LogP contribution is -2.43. The molecule has 0 spiro atoms. The maximum Gasteiger partial charge on any atom is 0.408 e. The van der Waals surface area contributed by atoms with E-state index in [1.165, 1.54) is 48.5 Å². The van der Waals surface area contributed by atoms with Crippen LogP contribution in [0.25, 0.3) is 0 Å². The fraction of sp³-hybridized carbons (Fsp3) is 0.207. The Bertz CT molecular complexity index is 1330. The molecule has 0 aliphatic rings. The van der Waals surface area contributed by atoms with Crippen molar-refractivity contribution < 1.29 is 38.2 Å². The van der Waals surface area contributed by atoms with Crippen LogP contribution in [-0.2, 0) is 30.4 Å². The molecular weight excluding hydrogens is 561 g/mol. The normalized spacial score (nSPS) is 11.2. The van der Waals surface area contributed by atoms with Crippen molar-refractivity contribution in [1.29, 1.82) is 0 Å². The first kappa shape index (κ1) is 30.3. The summed E-state index contributed by atoms with van der Waals surface area (Å²) in [5.74, 6) is -2.67. The first-order valence-electron chi connectivity index (χ1n) is 12.1. The molecular formula is C29H25Cl2NO8. The van der Waals surface area contributed by atoms with Crippen LogP contribution in [0.5, 0.6) is 0 Å². The van der Waals surface area contributed by atoms with E-state index in [1.807, 2.05) is 6.07 Å². The van der Waals surface area contributed by atoms with Gasteiger partial charge < -0.3 is 19.5 Å². The van der Waals surface area contributed by atoms with E-state index in [4.69, 9.17) is 37.4 Å². The minimum atomic E-state index is -1.33. The molecule has 0 unspecified atom stereocenters. The highest BCUT2D eigenvalue weighted by Gasteiger charge is 2.25. The van der Waals surface area contributed by atoms with Crippen molar-refractivity contribution >= 4 is 52.8 Å². The van der Waals surface area contributed by atoms with Crippen LogP contribution in [0.4, 0.5) is 4.79 Å². The van der Waals surface area contributed by atoms with Gasteiger partial charge in [-0.3, -0.25) is 14.4 Å². The fourth-order valence-corrected chi connectivity index (χ4v) is 3.56. The topological polar surface area (TPSA) is 125 Å². The van der Waals surface area contributed by atoms with Crippen molar-refractivity contribution in [3.63, 3.8) is 0 Å². The zero-order chi connectivity index (χ0) is 28.9. The van der Waals surface area contributed by atoms with Gasteiger partial charge in [0.05, 0.1) is 0 Å². The summed E-state index contributed by atoms with van der Waals surface area (Å²) in [6.07, 6.45) is -1.50. The van der Waals surface area contributed by atoms with Gasteiger partial charge in [-0.1, -0.05) is 53.5 Å². The quantitative estimate of drug-likeness (QED) is 0.164. The standard InChI is InChI=1S/C29H25Cl2NO8/c30-22-10-6-20(7-11-22)25(33)17-38-27(35)15-14-24(32-29(37)40-16-19-4-2-1-3-5-19)28(36)39-18-26(34)21-8-12-23(31)13-9-21/h1-13,24H,14-18H2,(H,32,37)/t24-/m0/s1. The number of esters is 2. The fourth-order valence-electron chi connectivity index (χ4n) is 3.31. The Balaban J connectivity index is 1.55. The summed E-state index contributed by atoms with van der Waals surface area (Å²) >= 11 is 11.6. The van der Waals surface area contributed by atoms with Crippen molar-refractivity contribution in [2.75, 3.05) is 13.2 Å². The second kappa shape index (κ2) is 15.4. The van der Waals surface area contributed by atoms with E-state index in [-0.39, 0.29) is 25.0 Å². The smallest absolute Gasteiger partial charge is 0.408 e. The summed E-state index contributed by atoms with van der Waals surface area (Å²) < 4.78 is 15.3. The summed E-state index contributed by atoms with van der Waals surface area (Å²) in [5, 5.41) is 3.25. The third-order valence-electron chi connectivity index (χ3n) is 5.47. The highest BCUT2D eigenvalue weighted by Crippen LogP contribution is 2.12. The lowest BCUT2D eigenvalue weighted by atomic mass is 10.1. The predicted octanol–water partition coefficient (Wildman–Crippen LogP) is 5.22. The molecule has 3 rings (SSSR count). The molecule has 11 heteroatoms. The van der Waals surface area contributed by atoms with Crippen molar-refractivity contribution in [1.82, 2.24) is 5.32 Å². The van der Waals surface area contributed by atoms with Gasteiger partial charge >= 0.3 is 18.0 Å². The number of benzene rings is 3. The van der Waals surface area contributed by atoms with Gasteiger partial charge in [0.1, 0.15) is 12.6 Å². The van der Waals surface area contributed by atoms with Gasteiger partial charge in [-0.05, 0) is 60.5 Å². The molecule has 1 N–H and O–H groups in total. The van der Waals surface area contributed by atoms with E-state index in [0.29, 0.717) is 15.6 Å². The lowest BCUT2D eigenvalue weighted by Gasteiger charge is -2.17. The number of nitrogens with one attached hydrogen (secondary N) is 1. The summed E-state index contributed by atoms with van der Waals surface area (Å²) in [7, 11) is 0. The van der Waals surface area contributed by atoms with E-state index >= 15 is 0 Å². The zero-order valence-corrected chi connectivity index (χ0v) is 22.7. The first-order chi connectivity index (χ1) is 19.2. The van der Waals surface area contributed by atoms with Crippen LogP contribution >= 0.6 is 23.2 Å². The second-order valence-electron chi connectivity index (χ2n) is 8.43. The average Bonchev–Trinajstić information content (AvgIpc) is 2.96. The van der Waals surface area contributed by atoms with Gasteiger partial charge in [0, 0.05) is 27.6 Å². The first-order valence-corrected chi connectivity index (χ1v) is 12.8. The SMILES string of the molecule is O=C(CC[C@H](NC(=O)OCc1ccccc1)C(=O)OCC(=O)c1ccc(Cl)cc1)OCC(=O)c1ccc(Cl)cc1. The summed E-state index contributed by atoms with van der Waals surface area (Å²) in [6, 6.07) is 19.6. The molecule has 3 aromatic carbocycles. The van der Waals surface area contributed by atoms with Gasteiger partial charge in [-0.25, -0.2) is 9.59 Å². The molecule has 0 aromatic heterocycles. The van der Waals surface area contributed by atoms with E-state index in [9.17, 15) is 24.0 Å². The third kappa shape index (κ3) is 10.2. The van der Waals surface area contributed by atoms with Crippen LogP contribution in [0.15, 0.2) is 78.9 Å². The molecule has 9 nitrogen and oxygen atoms in total. The van der Waals surface area contributed by atoms with Gasteiger partial charge in [0.25, 0.3) is 0 Å². The minimum absolute atomic E-state index is 0.0572. The van der Waals surface area contributed by atoms with Crippen molar-refractivity contribution in [3.05, 3.63) is 106 Å². The molecule has 0 aliphatic carbocycles. The number of hydrogen-bond donors (Lipinski definition) is 1. The Morgan fingerprint density at radius 2 is 1.20 bits per heavy atom. The number of halogens is 2. The molecule has 0 aliphatic heterocycles. The number of amides is 1. The van der Waals surface area contributed by atoms with Crippen LogP contribution in [0.1, 0.15) is 39.1 Å². The monoisotopic (exact) mass is 585 g/mol. The summed E-state index contributed by atoms with van der Waals surface area (Å²) in [5.41, 5.74) is 1.31. The Morgan fingerprint density at radius 3 is 1.75 bits per heavy atom. The van der Waals surface area contributed by atoms with Crippen LogP contribution in [0.2, 0.25) is 10.0 Å². The summed E-state index contributed by atoms with van der Waals surface area (Å²) in [4.78, 5) is 62.0. The van der Waals surface area contributed by atoms with Crippen molar-refractivity contribution in [2.24, 2.45) is 0 Å². The van der Waals surface area contributed by atoms with E-state index < -0.39 is 48.9 Å². The number of ether oxygens (including phenoxy) is 3. The largest absolute Gasteiger partial charge is 0.457 e. The van der Waals surface area contributed by atoms with E-state index in [1.54, 1.807) is 24.3 Å². The van der Waals surface area contributed by atoms with Crippen molar-refractivity contribution in [2.45, 2.75) is 25.5 Å². The van der Waals surface area contributed by atoms with Gasteiger partial charge in [-0.2, -0.15) is 0 Å². The van der Waals surface area contributed by atoms with E-state index in [0.717, 1.165) is 5.56 Å². The molecule has 0 heterocycles. The predicted molar refractivity (Wildman–Crippen MR) is 146 cm³/mol. The third-order valence-corrected chi connectivity index (χ3v) is 5.97. The molecule has 0 saturated heterocycles. The number of ketones is 2. The number of hydrogen-bond acceptors (Lipinski definition) is 8. The lowest BCUT2D eigenvalue weighted by molar-refractivity contribution is -0.146. The molecule has 1 amide bonds.